The summed E-state index contributed by atoms with van der Waals surface area (Å²) in [4.78, 5) is 15.7. The zero-order chi connectivity index (χ0) is 42.2. The Hall–Kier alpha value is -7.24. The number of nitrogens with zero attached hydrogens (tertiary/aromatic N) is 5. The molecule has 11 heteroatoms. The van der Waals surface area contributed by atoms with Crippen LogP contribution in [0.3, 0.4) is 0 Å². The van der Waals surface area contributed by atoms with Gasteiger partial charge >= 0.3 is 0 Å². The SMILES string of the molecule is [B]c1cc([B])c2c(c1)c1c([B])c3c(c([B])c1n2-c1ccccc1)c1cc([B])cc([B])c1n3-c1nc(-c2cccc(-c3ccccc3)c2)nc(-c2cccc(-c3ccccc3)c2)n1. The molecule has 12 radical (unpaired) electrons. The Labute approximate surface area is 366 Å². The third-order valence-corrected chi connectivity index (χ3v) is 11.6. The molecule has 0 saturated heterocycles. The fourth-order valence-corrected chi connectivity index (χ4v) is 8.93. The van der Waals surface area contributed by atoms with E-state index in [1.165, 1.54) is 0 Å². The van der Waals surface area contributed by atoms with E-state index in [9.17, 15) is 0 Å². The summed E-state index contributed by atoms with van der Waals surface area (Å²) in [6.07, 6.45) is 0. The monoisotopic (exact) mass is 775 g/mol. The zero-order valence-electron chi connectivity index (χ0n) is 33.3. The van der Waals surface area contributed by atoms with Crippen LogP contribution in [0.4, 0.5) is 0 Å². The first-order chi connectivity index (χ1) is 30.2. The predicted octanol–water partition coefficient (Wildman–Crippen LogP) is 5.50. The number of fused-ring (bicyclic) bond motifs is 6. The minimum absolute atomic E-state index is 0.285. The van der Waals surface area contributed by atoms with Gasteiger partial charge in [-0.05, 0) is 46.5 Å². The maximum atomic E-state index is 7.52. The zero-order valence-corrected chi connectivity index (χ0v) is 33.3. The van der Waals surface area contributed by atoms with Crippen molar-refractivity contribution in [3.8, 4) is 56.7 Å². The van der Waals surface area contributed by atoms with Gasteiger partial charge in [-0.25, -0.2) is 4.98 Å². The van der Waals surface area contributed by atoms with Crippen molar-refractivity contribution in [3.63, 3.8) is 0 Å². The maximum absolute atomic E-state index is 7.52. The van der Waals surface area contributed by atoms with Crippen molar-refractivity contribution in [2.75, 3.05) is 0 Å². The van der Waals surface area contributed by atoms with Crippen molar-refractivity contribution in [1.29, 1.82) is 0 Å². The van der Waals surface area contributed by atoms with Gasteiger partial charge in [-0.2, -0.15) is 9.97 Å². The standard InChI is InChI=1S/C51H27B6N5/c52-34-24-37-41-44(57)48-42(43(56)47(41)61(45(37)39(54)26-34)36-20-8-3-9-21-36)38-25-35(53)27-40(55)46(38)62(48)51-59-49(32-18-10-16-30(22-32)28-12-4-1-5-13-28)58-50(60-51)33-19-11-17-31(23-33)29-14-6-2-7-15-29/h1-27H. The van der Waals surface area contributed by atoms with Gasteiger partial charge in [0.2, 0.25) is 5.95 Å². The van der Waals surface area contributed by atoms with Crippen molar-refractivity contribution in [2.45, 2.75) is 0 Å². The molecule has 274 valence electrons. The van der Waals surface area contributed by atoms with Crippen LogP contribution in [-0.4, -0.2) is 71.2 Å². The molecule has 0 unspecified atom stereocenters. The molecule has 62 heavy (non-hydrogen) atoms. The topological polar surface area (TPSA) is 48.5 Å². The van der Waals surface area contributed by atoms with Crippen LogP contribution in [0.1, 0.15) is 0 Å². The average molecular weight is 775 g/mol. The van der Waals surface area contributed by atoms with Crippen LogP contribution in [0.2, 0.25) is 0 Å². The molecule has 0 spiro atoms. The van der Waals surface area contributed by atoms with E-state index < -0.39 is 0 Å². The molecule has 0 fully saturated rings. The van der Waals surface area contributed by atoms with E-state index in [0.717, 1.165) is 50.0 Å². The Morgan fingerprint density at radius 1 is 0.339 bits per heavy atom. The van der Waals surface area contributed by atoms with E-state index >= 15 is 0 Å². The molecule has 3 aromatic heterocycles. The Morgan fingerprint density at radius 2 is 0.742 bits per heavy atom. The largest absolute Gasteiger partial charge is 0.310 e. The Balaban J connectivity index is 1.27. The summed E-state index contributed by atoms with van der Waals surface area (Å²) in [5, 5.41) is 2.73. The van der Waals surface area contributed by atoms with Gasteiger partial charge in [0, 0.05) is 54.9 Å². The number of aromatic nitrogens is 5. The highest BCUT2D eigenvalue weighted by atomic mass is 15.2. The second-order valence-electron chi connectivity index (χ2n) is 15.5. The van der Waals surface area contributed by atoms with Crippen LogP contribution < -0.4 is 32.8 Å². The minimum Gasteiger partial charge on any atom is -0.310 e. The van der Waals surface area contributed by atoms with E-state index in [1.54, 1.807) is 12.1 Å². The second-order valence-corrected chi connectivity index (χ2v) is 15.5. The molecule has 0 aliphatic carbocycles. The molecule has 8 aromatic carbocycles. The number of benzene rings is 8. The first-order valence-electron chi connectivity index (χ1n) is 20.1. The van der Waals surface area contributed by atoms with Crippen molar-refractivity contribution >= 4 is 123 Å². The first kappa shape index (κ1) is 37.7. The van der Waals surface area contributed by atoms with Crippen molar-refractivity contribution in [2.24, 2.45) is 0 Å². The van der Waals surface area contributed by atoms with E-state index in [2.05, 4.69) is 48.5 Å². The van der Waals surface area contributed by atoms with Gasteiger partial charge < -0.3 is 4.57 Å². The molecule has 5 nitrogen and oxygen atoms in total. The van der Waals surface area contributed by atoms with Gasteiger partial charge in [0.05, 0.1) is 5.52 Å². The second kappa shape index (κ2) is 14.7. The Kier molecular flexibility index (Phi) is 8.97. The van der Waals surface area contributed by atoms with Crippen LogP contribution in [0, 0.1) is 0 Å². The van der Waals surface area contributed by atoms with Gasteiger partial charge in [0.25, 0.3) is 0 Å². The van der Waals surface area contributed by atoms with Crippen molar-refractivity contribution in [1.82, 2.24) is 24.1 Å². The van der Waals surface area contributed by atoms with Crippen molar-refractivity contribution < 1.29 is 0 Å². The summed E-state index contributed by atoms with van der Waals surface area (Å²) < 4.78 is 3.94. The van der Waals surface area contributed by atoms with Crippen LogP contribution in [0.15, 0.2) is 164 Å². The molecule has 0 aliphatic heterocycles. The molecular formula is C51H27B6N5. The molecule has 0 aliphatic rings. The van der Waals surface area contributed by atoms with Crippen molar-refractivity contribution in [3.05, 3.63) is 164 Å². The smallest absolute Gasteiger partial charge is 0.238 e. The van der Waals surface area contributed by atoms with Gasteiger partial charge in [0.1, 0.15) is 47.1 Å². The lowest BCUT2D eigenvalue weighted by Crippen LogP contribution is -2.20. The quantitative estimate of drug-likeness (QED) is 0.210. The summed E-state index contributed by atoms with van der Waals surface area (Å²) in [6.45, 7) is 0. The maximum Gasteiger partial charge on any atom is 0.238 e. The van der Waals surface area contributed by atoms with E-state index in [-0.39, 0.29) is 5.95 Å². The summed E-state index contributed by atoms with van der Waals surface area (Å²) in [5.74, 6) is 1.18. The summed E-state index contributed by atoms with van der Waals surface area (Å²) in [7, 11) is 41.8. The predicted molar refractivity (Wildman–Crippen MR) is 263 cm³/mol. The third kappa shape index (κ3) is 6.06. The molecule has 11 aromatic rings. The first-order valence-corrected chi connectivity index (χ1v) is 20.1. The Bertz CT molecular complexity index is 3490. The molecule has 0 bridgehead atoms. The number of rotatable bonds is 6. The summed E-state index contributed by atoms with van der Waals surface area (Å²) >= 11 is 0. The average Bonchev–Trinajstić information content (AvgIpc) is 3.84. The molecule has 0 amide bonds. The number of para-hydroxylation sites is 1. The molecule has 0 N–H and O–H groups in total. The molecule has 3 heterocycles. The van der Waals surface area contributed by atoms with Crippen LogP contribution in [0.25, 0.3) is 100 Å². The highest BCUT2D eigenvalue weighted by Crippen LogP contribution is 2.36. The van der Waals surface area contributed by atoms with E-state index in [4.69, 9.17) is 62.0 Å². The van der Waals surface area contributed by atoms with E-state index in [0.29, 0.717) is 77.1 Å². The van der Waals surface area contributed by atoms with Crippen LogP contribution >= 0.6 is 0 Å². The van der Waals surface area contributed by atoms with Gasteiger partial charge in [-0.3, -0.25) is 4.57 Å². The summed E-state index contributed by atoms with van der Waals surface area (Å²) in [6, 6.07) is 53.8. The highest BCUT2D eigenvalue weighted by Gasteiger charge is 2.27. The third-order valence-electron chi connectivity index (χ3n) is 11.6. The van der Waals surface area contributed by atoms with E-state index in [1.807, 2.05) is 112 Å². The van der Waals surface area contributed by atoms with Crippen LogP contribution in [0.5, 0.6) is 0 Å². The highest BCUT2D eigenvalue weighted by molar-refractivity contribution is 6.59. The Morgan fingerprint density at radius 3 is 1.23 bits per heavy atom. The van der Waals surface area contributed by atoms with Crippen LogP contribution in [-0.2, 0) is 0 Å². The fourth-order valence-electron chi connectivity index (χ4n) is 8.93. The molecular weight excluding hydrogens is 747 g/mol. The number of hydrogen-bond donors (Lipinski definition) is 0. The fraction of sp³-hybridized carbons (Fsp3) is 0. The minimum atomic E-state index is 0.285. The summed E-state index contributed by atoms with van der Waals surface area (Å²) in [5.41, 5.74) is 11.8. The van der Waals surface area contributed by atoms with Gasteiger partial charge in [0.15, 0.2) is 11.6 Å². The molecule has 0 atom stereocenters. The lowest BCUT2D eigenvalue weighted by Gasteiger charge is -2.15. The number of hydrogen-bond acceptors (Lipinski definition) is 3. The van der Waals surface area contributed by atoms with Gasteiger partial charge in [-0.1, -0.05) is 172 Å². The lowest BCUT2D eigenvalue weighted by atomic mass is 9.79. The normalized spacial score (nSPS) is 11.6. The molecule has 0 saturated carbocycles. The molecule has 11 rings (SSSR count). The van der Waals surface area contributed by atoms with Gasteiger partial charge in [-0.15, -0.1) is 0 Å². The lowest BCUT2D eigenvalue weighted by molar-refractivity contribution is 0.956.